The average Bonchev–Trinajstić information content (AvgIpc) is 3.87. The predicted octanol–water partition coefficient (Wildman–Crippen LogP) is 7.41. The molecule has 2 N–H and O–H groups in total. The molecule has 13 rings (SSSR count). The summed E-state index contributed by atoms with van der Waals surface area (Å²) in [4.78, 5) is 7.43. The Bertz CT molecular complexity index is 1730. The van der Waals surface area contributed by atoms with Crippen molar-refractivity contribution in [2.75, 3.05) is 19.3 Å². The van der Waals surface area contributed by atoms with E-state index >= 15 is 0 Å². The monoisotopic (exact) mass is 576 g/mol. The quantitative estimate of drug-likeness (QED) is 0.282. The zero-order valence-corrected chi connectivity index (χ0v) is 26.3. The summed E-state index contributed by atoms with van der Waals surface area (Å²) in [7, 11) is 7.41. The molecular weight excluding hydrogens is 530 g/mol. The molecule has 9 atom stereocenters. The third-order valence-electron chi connectivity index (χ3n) is 22.4. The standard InChI is InChI=1S/C27H41N2P2.C5H5.Fe/c1-26(2,3)25-21(19-11-5-4-6-12-19)17-20(18-30)24(25)27(31,22-13-7-9-15-28-22)23-14-8-10-16-29-23;1-2-4-5-3-1;/h4-6,11-12,17,22-23,28-29H,7-10,13-16,18,30-31H2,1-3H3;1-5H;. The molecule has 12 heterocycles. The van der Waals surface area contributed by atoms with Gasteiger partial charge in [-0.15, -0.1) is 0 Å². The first-order chi connectivity index (χ1) is 17.6. The van der Waals surface area contributed by atoms with Crippen LogP contribution in [-0.2, 0) is 10.8 Å². The van der Waals surface area contributed by atoms with Crippen LogP contribution in [0.25, 0.3) is 0 Å². The molecule has 12 aliphatic heterocycles. The Kier molecular flexibility index (Phi) is 1.64. The number of piperidine rings is 2. The number of nitrogens with one attached hydrogen (secondary N) is 2. The third kappa shape index (κ3) is 0.429. The Balaban J connectivity index is 1.23. The zero-order chi connectivity index (χ0) is 24.8. The molecule has 1 aromatic rings. The van der Waals surface area contributed by atoms with Gasteiger partial charge in [-0.25, -0.2) is 0 Å². The molecule has 2 nitrogen and oxygen atoms in total. The van der Waals surface area contributed by atoms with E-state index in [1.807, 2.05) is 5.56 Å². The molecule has 5 heteroatoms. The van der Waals surface area contributed by atoms with E-state index in [-0.39, 0.29) is 0 Å². The molecule has 0 aromatic heterocycles. The van der Waals surface area contributed by atoms with Gasteiger partial charge in [0.2, 0.25) is 0 Å². The summed E-state index contributed by atoms with van der Waals surface area (Å²) in [5, 5.41) is 8.96. The van der Waals surface area contributed by atoms with E-state index in [1.165, 1.54) is 86.7 Å². The van der Waals surface area contributed by atoms with Crippen molar-refractivity contribution in [3.8, 4) is 0 Å². The normalized spacial score (nSPS) is 78.4. The summed E-state index contributed by atoms with van der Waals surface area (Å²) in [6.45, 7) is 6.60. The Hall–Kier alpha value is 0.519. The second kappa shape index (κ2) is 2.97. The van der Waals surface area contributed by atoms with Gasteiger partial charge in [0.05, 0.1) is 0 Å². The molecule has 0 bridgehead atoms. The number of benzene rings is 1. The van der Waals surface area contributed by atoms with Gasteiger partial charge in [-0.05, 0) is 0 Å². The van der Waals surface area contributed by atoms with E-state index in [2.05, 4.69) is 80.2 Å². The molecule has 9 unspecified atom stereocenters. The van der Waals surface area contributed by atoms with Crippen LogP contribution >= 0.6 is 18.5 Å². The van der Waals surface area contributed by atoms with Crippen LogP contribution in [0.3, 0.4) is 0 Å². The summed E-state index contributed by atoms with van der Waals surface area (Å²) in [6, 6.07) is 13.9. The maximum absolute atomic E-state index is 4.31. The summed E-state index contributed by atoms with van der Waals surface area (Å²) < 4.78 is 2.77. The third-order valence-corrected chi connectivity index (χ3v) is 69.9. The minimum absolute atomic E-state index is 0.346. The molecule has 37 heavy (non-hydrogen) atoms. The molecule has 1 spiro atoms. The van der Waals surface area contributed by atoms with Gasteiger partial charge in [0.25, 0.3) is 0 Å². The van der Waals surface area contributed by atoms with Gasteiger partial charge in [0.15, 0.2) is 0 Å². The summed E-state index contributed by atoms with van der Waals surface area (Å²) in [6.07, 6.45) is 9.94. The van der Waals surface area contributed by atoms with Crippen molar-refractivity contribution in [3.05, 3.63) is 35.9 Å². The molecule has 12 aliphatic rings. The van der Waals surface area contributed by atoms with Crippen LogP contribution in [-0.4, -0.2) is 36.5 Å². The maximum atomic E-state index is 4.31. The minimum atomic E-state index is -4.25. The fourth-order valence-corrected chi connectivity index (χ4v) is 119. The van der Waals surface area contributed by atoms with Crippen molar-refractivity contribution < 1.29 is 6.51 Å². The fourth-order valence-electron chi connectivity index (χ4n) is 26.7. The Morgan fingerprint density at radius 3 is 1.78 bits per heavy atom. The van der Waals surface area contributed by atoms with Crippen LogP contribution < -0.4 is 10.6 Å². The first-order valence-electron chi connectivity index (χ1n) is 15.8. The molecule has 202 valence electrons. The second-order valence-electron chi connectivity index (χ2n) is 18.8. The first-order valence-corrected chi connectivity index (χ1v) is 23.2. The zero-order valence-electron chi connectivity index (χ0n) is 22.9. The SMILES string of the molecule is CC(C)(C)[C]12[C]3(c4ccccc4)[CH]4[C]5(CP)[C]1(C(P)(C1CCCCN1)C1CCCCN1)[Fe]45321678[CH]2[CH]1[CH]6[CH]7[CH]28. The molecule has 12 fully saturated rings. The number of hydrogen-bond donors (Lipinski definition) is 2. The number of rotatable bonds is 5. The van der Waals surface area contributed by atoms with Crippen molar-refractivity contribution in [1.29, 1.82) is 0 Å². The summed E-state index contributed by atoms with van der Waals surface area (Å²) in [5.41, 5.74) is 2.30. The molecular formula is C32H46FeN2P2. The van der Waals surface area contributed by atoms with Crippen LogP contribution in [0.5, 0.6) is 0 Å². The molecule has 0 radical (unpaired) electrons. The molecule has 0 saturated carbocycles. The Morgan fingerprint density at radius 1 is 0.838 bits per heavy atom. The number of hydrogen-bond acceptors (Lipinski definition) is 2. The topological polar surface area (TPSA) is 24.1 Å². The van der Waals surface area contributed by atoms with Gasteiger partial charge >= 0.3 is 219 Å². The fraction of sp³-hybridized carbons (Fsp3) is 0.812. The van der Waals surface area contributed by atoms with Gasteiger partial charge in [-0.1, -0.05) is 0 Å². The molecule has 1 aromatic carbocycles. The van der Waals surface area contributed by atoms with E-state index < -0.39 is 6.51 Å². The van der Waals surface area contributed by atoms with Gasteiger partial charge in [-0.3, -0.25) is 0 Å². The van der Waals surface area contributed by atoms with Crippen LogP contribution in [0.1, 0.15) is 64.9 Å². The van der Waals surface area contributed by atoms with E-state index in [9.17, 15) is 0 Å². The van der Waals surface area contributed by atoms with Gasteiger partial charge in [0, 0.05) is 0 Å². The molecule has 12 saturated heterocycles. The Morgan fingerprint density at radius 2 is 1.38 bits per heavy atom. The van der Waals surface area contributed by atoms with E-state index in [0.29, 0.717) is 35.6 Å². The van der Waals surface area contributed by atoms with Crippen molar-refractivity contribution in [2.45, 2.75) is 123 Å². The van der Waals surface area contributed by atoms with E-state index in [4.69, 9.17) is 0 Å². The summed E-state index contributed by atoms with van der Waals surface area (Å²) in [5.74, 6) is 0. The van der Waals surface area contributed by atoms with Gasteiger partial charge < -0.3 is 0 Å². The molecule has 0 aliphatic carbocycles. The van der Waals surface area contributed by atoms with Gasteiger partial charge in [0.1, 0.15) is 0 Å². The van der Waals surface area contributed by atoms with Crippen molar-refractivity contribution in [2.24, 2.45) is 5.41 Å². The van der Waals surface area contributed by atoms with E-state index in [1.54, 1.807) is 0 Å². The Labute approximate surface area is 218 Å². The van der Waals surface area contributed by atoms with Crippen LogP contribution in [0.15, 0.2) is 30.3 Å². The first kappa shape index (κ1) is 20.4. The van der Waals surface area contributed by atoms with Crippen molar-refractivity contribution in [3.63, 3.8) is 0 Å². The van der Waals surface area contributed by atoms with Crippen molar-refractivity contribution >= 4 is 18.5 Å². The van der Waals surface area contributed by atoms with E-state index in [0.717, 1.165) is 4.31 Å². The van der Waals surface area contributed by atoms with Crippen LogP contribution in [0, 0.1) is 5.41 Å². The van der Waals surface area contributed by atoms with Gasteiger partial charge in [-0.2, -0.15) is 0 Å². The van der Waals surface area contributed by atoms with Crippen LogP contribution in [0.4, 0.5) is 0 Å². The predicted molar refractivity (Wildman–Crippen MR) is 156 cm³/mol. The van der Waals surface area contributed by atoms with Crippen LogP contribution in [0.2, 0.25) is 41.8 Å². The second-order valence-corrected chi connectivity index (χ2v) is 42.8. The summed E-state index contributed by atoms with van der Waals surface area (Å²) >= 11 is 0. The van der Waals surface area contributed by atoms with Crippen molar-refractivity contribution in [1.82, 2.24) is 10.6 Å². The number of fused-ring (bicyclic) bond motifs is 10. The molecule has 0 amide bonds. The average molecular weight is 577 g/mol.